The Morgan fingerprint density at radius 3 is 2.32 bits per heavy atom. The summed E-state index contributed by atoms with van der Waals surface area (Å²) in [5.41, 5.74) is 0.932. The highest BCUT2D eigenvalue weighted by Crippen LogP contribution is 2.46. The maximum absolute atomic E-state index is 11.6. The first-order valence-electron chi connectivity index (χ1n) is 9.21. The third-order valence-electron chi connectivity index (χ3n) is 5.43. The summed E-state index contributed by atoms with van der Waals surface area (Å²) in [6.07, 6.45) is 7.42. The largest absolute Gasteiger partial charge is 0.497 e. The summed E-state index contributed by atoms with van der Waals surface area (Å²) < 4.78 is 17.5. The van der Waals surface area contributed by atoms with Crippen LogP contribution in [-0.2, 0) is 9.53 Å². The van der Waals surface area contributed by atoms with Crippen LogP contribution in [0.1, 0.15) is 63.5 Å². The second kappa shape index (κ2) is 7.65. The zero-order valence-corrected chi connectivity index (χ0v) is 15.5. The molecule has 2 aliphatic rings. The van der Waals surface area contributed by atoms with Gasteiger partial charge < -0.3 is 19.5 Å². The molecule has 0 bridgehead atoms. The SMILES string of the molecule is COc1cc(OC)cc([C@H]2C[C@@H](NC(C)=O)CC3(CCCCC3)O2)c1. The highest BCUT2D eigenvalue weighted by atomic mass is 16.5. The van der Waals surface area contributed by atoms with Crippen molar-refractivity contribution in [3.63, 3.8) is 0 Å². The topological polar surface area (TPSA) is 56.8 Å². The zero-order valence-electron chi connectivity index (χ0n) is 15.5. The quantitative estimate of drug-likeness (QED) is 0.901. The van der Waals surface area contributed by atoms with E-state index in [0.29, 0.717) is 0 Å². The smallest absolute Gasteiger partial charge is 0.217 e. The molecule has 1 spiro atoms. The van der Waals surface area contributed by atoms with Crippen molar-refractivity contribution in [2.45, 2.75) is 69.6 Å². The molecule has 25 heavy (non-hydrogen) atoms. The van der Waals surface area contributed by atoms with Crippen LogP contribution in [0.2, 0.25) is 0 Å². The summed E-state index contributed by atoms with van der Waals surface area (Å²) in [4.78, 5) is 11.6. The lowest BCUT2D eigenvalue weighted by Gasteiger charge is -2.47. The molecule has 0 unspecified atom stereocenters. The van der Waals surface area contributed by atoms with Crippen LogP contribution in [0.5, 0.6) is 11.5 Å². The number of carbonyl (C=O) groups excluding carboxylic acids is 1. The molecule has 3 rings (SSSR count). The van der Waals surface area contributed by atoms with E-state index in [1.54, 1.807) is 21.1 Å². The normalized spacial score (nSPS) is 25.4. The van der Waals surface area contributed by atoms with Gasteiger partial charge in [0.25, 0.3) is 0 Å². The maximum Gasteiger partial charge on any atom is 0.217 e. The Morgan fingerprint density at radius 1 is 1.12 bits per heavy atom. The minimum atomic E-state index is -0.120. The average Bonchev–Trinajstić information content (AvgIpc) is 2.60. The minimum absolute atomic E-state index is 0.0276. The maximum atomic E-state index is 11.6. The van der Waals surface area contributed by atoms with Gasteiger partial charge in [-0.1, -0.05) is 19.3 Å². The molecule has 0 radical (unpaired) electrons. The number of benzene rings is 1. The molecule has 1 heterocycles. The van der Waals surface area contributed by atoms with E-state index in [1.165, 1.54) is 19.3 Å². The summed E-state index contributed by atoms with van der Waals surface area (Å²) in [6.45, 7) is 1.59. The fraction of sp³-hybridized carbons (Fsp3) is 0.650. The van der Waals surface area contributed by atoms with Crippen LogP contribution < -0.4 is 14.8 Å². The Bertz CT molecular complexity index is 587. The highest BCUT2D eigenvalue weighted by molar-refractivity contribution is 5.73. The van der Waals surface area contributed by atoms with Crippen LogP contribution in [0.4, 0.5) is 0 Å². The molecule has 1 aliphatic carbocycles. The number of nitrogens with one attached hydrogen (secondary N) is 1. The van der Waals surface area contributed by atoms with E-state index in [1.807, 2.05) is 18.2 Å². The summed E-state index contributed by atoms with van der Waals surface area (Å²) in [6, 6.07) is 6.04. The van der Waals surface area contributed by atoms with Crippen LogP contribution in [0.15, 0.2) is 18.2 Å². The lowest BCUT2D eigenvalue weighted by molar-refractivity contribution is -0.158. The zero-order chi connectivity index (χ0) is 17.9. The van der Waals surface area contributed by atoms with Crippen LogP contribution in [0.25, 0.3) is 0 Å². The lowest BCUT2D eigenvalue weighted by atomic mass is 9.76. The average molecular weight is 347 g/mol. The van der Waals surface area contributed by atoms with E-state index in [-0.39, 0.29) is 23.7 Å². The fourth-order valence-corrected chi connectivity index (χ4v) is 4.32. The van der Waals surface area contributed by atoms with Gasteiger partial charge in [-0.25, -0.2) is 0 Å². The van der Waals surface area contributed by atoms with Gasteiger partial charge in [0.15, 0.2) is 0 Å². The molecule has 2 fully saturated rings. The second-order valence-electron chi connectivity index (χ2n) is 7.33. The number of hydrogen-bond donors (Lipinski definition) is 1. The third kappa shape index (κ3) is 4.27. The van der Waals surface area contributed by atoms with Gasteiger partial charge in [0, 0.05) is 19.0 Å². The number of hydrogen-bond acceptors (Lipinski definition) is 4. The van der Waals surface area contributed by atoms with Crippen LogP contribution in [0, 0.1) is 0 Å². The van der Waals surface area contributed by atoms with Gasteiger partial charge in [-0.3, -0.25) is 4.79 Å². The molecule has 1 amide bonds. The van der Waals surface area contributed by atoms with E-state index < -0.39 is 0 Å². The second-order valence-corrected chi connectivity index (χ2v) is 7.33. The minimum Gasteiger partial charge on any atom is -0.497 e. The molecule has 1 aromatic rings. The molecule has 138 valence electrons. The van der Waals surface area contributed by atoms with Gasteiger partial charge in [0.2, 0.25) is 5.91 Å². The molecule has 1 saturated heterocycles. The van der Waals surface area contributed by atoms with E-state index in [0.717, 1.165) is 42.7 Å². The number of amides is 1. The molecule has 1 aromatic carbocycles. The Labute approximate surface area is 150 Å². The standard InChI is InChI=1S/C20H29NO4/c1-14(22)21-16-11-19(25-20(13-16)7-5-4-6-8-20)15-9-17(23-2)12-18(10-15)24-3/h9-10,12,16,19H,4-8,11,13H2,1-3H3,(H,21,22)/t16-,19-/m1/s1. The van der Waals surface area contributed by atoms with Crippen LogP contribution in [0.3, 0.4) is 0 Å². The van der Waals surface area contributed by atoms with Gasteiger partial charge in [-0.15, -0.1) is 0 Å². The fourth-order valence-electron chi connectivity index (χ4n) is 4.32. The third-order valence-corrected chi connectivity index (χ3v) is 5.43. The van der Waals surface area contributed by atoms with Gasteiger partial charge in [-0.2, -0.15) is 0 Å². The number of methoxy groups -OCH3 is 2. The number of ether oxygens (including phenoxy) is 3. The van der Waals surface area contributed by atoms with Crippen molar-refractivity contribution >= 4 is 5.91 Å². The number of rotatable bonds is 4. The Kier molecular flexibility index (Phi) is 5.52. The molecule has 5 nitrogen and oxygen atoms in total. The van der Waals surface area contributed by atoms with Crippen molar-refractivity contribution in [2.75, 3.05) is 14.2 Å². The highest BCUT2D eigenvalue weighted by Gasteiger charge is 2.43. The van der Waals surface area contributed by atoms with Crippen molar-refractivity contribution < 1.29 is 19.0 Å². The van der Waals surface area contributed by atoms with E-state index >= 15 is 0 Å². The molecular weight excluding hydrogens is 318 g/mol. The van der Waals surface area contributed by atoms with Gasteiger partial charge >= 0.3 is 0 Å². The van der Waals surface area contributed by atoms with Crippen molar-refractivity contribution in [1.29, 1.82) is 0 Å². The van der Waals surface area contributed by atoms with Crippen LogP contribution >= 0.6 is 0 Å². The first kappa shape index (κ1) is 18.1. The molecular formula is C20H29NO4. The number of carbonyl (C=O) groups is 1. The first-order valence-corrected chi connectivity index (χ1v) is 9.21. The van der Waals surface area contributed by atoms with Gasteiger partial charge in [0.05, 0.1) is 25.9 Å². The Morgan fingerprint density at radius 2 is 1.76 bits per heavy atom. The van der Waals surface area contributed by atoms with E-state index in [9.17, 15) is 4.79 Å². The van der Waals surface area contributed by atoms with E-state index in [4.69, 9.17) is 14.2 Å². The summed E-state index contributed by atoms with van der Waals surface area (Å²) >= 11 is 0. The Hall–Kier alpha value is -1.75. The van der Waals surface area contributed by atoms with Crippen molar-refractivity contribution in [1.82, 2.24) is 5.32 Å². The lowest BCUT2D eigenvalue weighted by Crippen LogP contribution is -2.50. The molecule has 1 N–H and O–H groups in total. The first-order chi connectivity index (χ1) is 12.0. The van der Waals surface area contributed by atoms with Crippen molar-refractivity contribution in [2.24, 2.45) is 0 Å². The molecule has 0 aromatic heterocycles. The summed E-state index contributed by atoms with van der Waals surface area (Å²) in [5.74, 6) is 1.55. The predicted octanol–water partition coefficient (Wildman–Crippen LogP) is 3.76. The van der Waals surface area contributed by atoms with Crippen molar-refractivity contribution in [3.8, 4) is 11.5 Å². The summed E-state index contributed by atoms with van der Waals surface area (Å²) in [5, 5.41) is 3.13. The molecule has 1 aliphatic heterocycles. The Balaban J connectivity index is 1.89. The van der Waals surface area contributed by atoms with Gasteiger partial charge in [0.1, 0.15) is 11.5 Å². The summed E-state index contributed by atoms with van der Waals surface area (Å²) in [7, 11) is 3.31. The molecule has 5 heteroatoms. The monoisotopic (exact) mass is 347 g/mol. The van der Waals surface area contributed by atoms with Crippen molar-refractivity contribution in [3.05, 3.63) is 23.8 Å². The van der Waals surface area contributed by atoms with Crippen LogP contribution in [-0.4, -0.2) is 31.8 Å². The molecule has 2 atom stereocenters. The predicted molar refractivity (Wildman–Crippen MR) is 96.0 cm³/mol. The molecule has 1 saturated carbocycles. The van der Waals surface area contributed by atoms with Gasteiger partial charge in [-0.05, 0) is 43.4 Å². The van der Waals surface area contributed by atoms with E-state index in [2.05, 4.69) is 5.32 Å².